The number of pyridine rings is 1. The third-order valence-electron chi connectivity index (χ3n) is 4.86. The lowest BCUT2D eigenvalue weighted by Gasteiger charge is -2.21. The molecule has 27 heavy (non-hydrogen) atoms. The number of hydrogen-bond acceptors (Lipinski definition) is 5. The number of ether oxygens (including phenoxy) is 1. The van der Waals surface area contributed by atoms with Gasteiger partial charge in [-0.15, -0.1) is 0 Å². The molecular formula is C21H13N5O. The predicted molar refractivity (Wildman–Crippen MR) is 103 cm³/mol. The lowest BCUT2D eigenvalue weighted by atomic mass is 10.1. The Bertz CT molecular complexity index is 1370. The molecule has 6 heteroatoms. The van der Waals surface area contributed by atoms with E-state index in [-0.39, 0.29) is 6.10 Å². The van der Waals surface area contributed by atoms with E-state index in [1.165, 1.54) is 0 Å². The molecule has 6 rings (SSSR count). The Morgan fingerprint density at radius 3 is 2.70 bits per heavy atom. The summed E-state index contributed by atoms with van der Waals surface area (Å²) in [6.07, 6.45) is 3.71. The summed E-state index contributed by atoms with van der Waals surface area (Å²) < 4.78 is 6.15. The van der Waals surface area contributed by atoms with Crippen molar-refractivity contribution in [1.29, 1.82) is 0 Å². The second-order valence-electron chi connectivity index (χ2n) is 6.50. The minimum absolute atomic E-state index is 0.333. The van der Waals surface area contributed by atoms with Gasteiger partial charge in [0.15, 0.2) is 6.10 Å². The van der Waals surface area contributed by atoms with Crippen LogP contribution in [-0.2, 0) is 0 Å². The number of aromatic amines is 1. The van der Waals surface area contributed by atoms with Crippen molar-refractivity contribution in [3.63, 3.8) is 0 Å². The van der Waals surface area contributed by atoms with Gasteiger partial charge < -0.3 is 4.74 Å². The maximum absolute atomic E-state index is 6.15. The van der Waals surface area contributed by atoms with Crippen molar-refractivity contribution in [3.05, 3.63) is 71.9 Å². The van der Waals surface area contributed by atoms with Crippen LogP contribution in [0, 0.1) is 0 Å². The van der Waals surface area contributed by atoms with E-state index < -0.39 is 0 Å². The summed E-state index contributed by atoms with van der Waals surface area (Å²) >= 11 is 0. The molecule has 3 aromatic heterocycles. The second kappa shape index (κ2) is 5.35. The van der Waals surface area contributed by atoms with E-state index >= 15 is 0 Å². The summed E-state index contributed by atoms with van der Waals surface area (Å²) in [6, 6.07) is 17.9. The highest BCUT2D eigenvalue weighted by Crippen LogP contribution is 2.34. The average Bonchev–Trinajstić information content (AvgIpc) is 3.09. The molecular weight excluding hydrogens is 338 g/mol. The highest BCUT2D eigenvalue weighted by molar-refractivity contribution is 6.07. The van der Waals surface area contributed by atoms with Crippen molar-refractivity contribution in [2.75, 3.05) is 0 Å². The van der Waals surface area contributed by atoms with Crippen LogP contribution in [-0.4, -0.2) is 25.4 Å². The molecule has 0 saturated heterocycles. The third-order valence-corrected chi connectivity index (χ3v) is 4.86. The van der Waals surface area contributed by atoms with Gasteiger partial charge in [0, 0.05) is 10.9 Å². The van der Waals surface area contributed by atoms with Crippen LogP contribution in [0.4, 0.5) is 0 Å². The summed E-state index contributed by atoms with van der Waals surface area (Å²) in [5.74, 6) is 0.832. The van der Waals surface area contributed by atoms with Crippen molar-refractivity contribution in [2.24, 2.45) is 0 Å². The van der Waals surface area contributed by atoms with Gasteiger partial charge in [0.2, 0.25) is 0 Å². The fourth-order valence-electron chi connectivity index (χ4n) is 3.57. The van der Waals surface area contributed by atoms with Crippen molar-refractivity contribution in [2.45, 2.75) is 6.10 Å². The van der Waals surface area contributed by atoms with Crippen molar-refractivity contribution in [1.82, 2.24) is 25.4 Å². The Morgan fingerprint density at radius 2 is 1.70 bits per heavy atom. The number of nitrogens with zero attached hydrogens (tertiary/aromatic N) is 4. The van der Waals surface area contributed by atoms with Gasteiger partial charge in [0.1, 0.15) is 22.5 Å². The molecule has 1 aliphatic rings. The number of nitrogens with one attached hydrogen (secondary N) is 1. The number of H-pyrrole nitrogens is 1. The molecule has 0 spiro atoms. The van der Waals surface area contributed by atoms with E-state index in [2.05, 4.69) is 26.5 Å². The quantitative estimate of drug-likeness (QED) is 0.490. The minimum atomic E-state index is -0.333. The highest BCUT2D eigenvalue weighted by atomic mass is 16.5. The van der Waals surface area contributed by atoms with Crippen LogP contribution >= 0.6 is 0 Å². The average molecular weight is 351 g/mol. The van der Waals surface area contributed by atoms with Crippen molar-refractivity contribution >= 4 is 39.0 Å². The summed E-state index contributed by atoms with van der Waals surface area (Å²) in [4.78, 5) is 9.53. The molecule has 1 N–H and O–H groups in total. The third kappa shape index (κ3) is 2.13. The molecule has 1 unspecified atom stereocenters. The van der Waals surface area contributed by atoms with Gasteiger partial charge in [-0.1, -0.05) is 42.5 Å². The number of fused-ring (bicyclic) bond motifs is 5. The Kier molecular flexibility index (Phi) is 2.85. The number of aromatic nitrogens is 5. The molecule has 1 aliphatic heterocycles. The highest BCUT2D eigenvalue weighted by Gasteiger charge is 2.22. The number of rotatable bonds is 1. The molecule has 0 radical (unpaired) electrons. The normalized spacial score (nSPS) is 15.9. The van der Waals surface area contributed by atoms with Crippen LogP contribution in [0.1, 0.15) is 17.4 Å². The molecule has 1 atom stereocenters. The van der Waals surface area contributed by atoms with Crippen LogP contribution < -0.4 is 4.74 Å². The zero-order chi connectivity index (χ0) is 17.8. The minimum Gasteiger partial charge on any atom is -0.479 e. The lowest BCUT2D eigenvalue weighted by Crippen LogP contribution is -2.13. The number of benzene rings is 2. The first-order chi connectivity index (χ1) is 13.4. The molecule has 4 heterocycles. The molecule has 0 bridgehead atoms. The van der Waals surface area contributed by atoms with E-state index in [4.69, 9.17) is 9.72 Å². The molecule has 2 aromatic carbocycles. The molecule has 0 aliphatic carbocycles. The smallest absolute Gasteiger partial charge is 0.163 e. The monoisotopic (exact) mass is 351 g/mol. The first kappa shape index (κ1) is 14.4. The van der Waals surface area contributed by atoms with Crippen LogP contribution in [0.2, 0.25) is 0 Å². The summed E-state index contributed by atoms with van der Waals surface area (Å²) in [5.41, 5.74) is 5.80. The number of hydrogen-bond donors (Lipinski definition) is 1. The largest absolute Gasteiger partial charge is 0.479 e. The Labute approximate surface area is 153 Å². The first-order valence-corrected chi connectivity index (χ1v) is 8.70. The van der Waals surface area contributed by atoms with Gasteiger partial charge in [0.25, 0.3) is 0 Å². The fourth-order valence-corrected chi connectivity index (χ4v) is 3.57. The van der Waals surface area contributed by atoms with Crippen LogP contribution in [0.3, 0.4) is 0 Å². The van der Waals surface area contributed by atoms with Gasteiger partial charge >= 0.3 is 0 Å². The Morgan fingerprint density at radius 1 is 0.815 bits per heavy atom. The van der Waals surface area contributed by atoms with Crippen molar-refractivity contribution < 1.29 is 4.74 Å². The van der Waals surface area contributed by atoms with Gasteiger partial charge in [-0.05, 0) is 24.3 Å². The summed E-state index contributed by atoms with van der Waals surface area (Å²) in [7, 11) is 0. The standard InChI is InChI=1S/C21H13N5O/c1-4-8-17-12(5-1)9-10-18(27-17)21-20-16(24-26-25-21)11-15-19(23-20)13-6-2-3-7-14(13)22-15/h1-11,18,26H. The van der Waals surface area contributed by atoms with E-state index in [0.29, 0.717) is 16.7 Å². The number of para-hydroxylation sites is 2. The maximum Gasteiger partial charge on any atom is 0.163 e. The van der Waals surface area contributed by atoms with Crippen LogP contribution in [0.25, 0.3) is 39.0 Å². The molecule has 0 fully saturated rings. The van der Waals surface area contributed by atoms with E-state index in [1.807, 2.05) is 60.7 Å². The van der Waals surface area contributed by atoms with Crippen molar-refractivity contribution in [3.8, 4) is 5.75 Å². The lowest BCUT2D eigenvalue weighted by molar-refractivity contribution is 0.246. The summed E-state index contributed by atoms with van der Waals surface area (Å²) in [5, 5.41) is 12.4. The van der Waals surface area contributed by atoms with E-state index in [0.717, 1.165) is 33.2 Å². The SMILES string of the molecule is C1=CC(c2n[nH]nc3cc4nc5ccccc5c4nc23)Oc2ccccc21. The van der Waals surface area contributed by atoms with E-state index in [9.17, 15) is 0 Å². The first-order valence-electron chi connectivity index (χ1n) is 8.70. The molecule has 0 amide bonds. The van der Waals surface area contributed by atoms with E-state index in [1.54, 1.807) is 0 Å². The molecule has 128 valence electrons. The van der Waals surface area contributed by atoms with Crippen LogP contribution in [0.15, 0.2) is 60.7 Å². The predicted octanol–water partition coefficient (Wildman–Crippen LogP) is 4.20. The maximum atomic E-state index is 6.15. The Balaban J connectivity index is 1.58. The summed E-state index contributed by atoms with van der Waals surface area (Å²) in [6.45, 7) is 0. The molecule has 0 saturated carbocycles. The molecule has 6 nitrogen and oxygen atoms in total. The zero-order valence-electron chi connectivity index (χ0n) is 14.1. The second-order valence-corrected chi connectivity index (χ2v) is 6.50. The van der Waals surface area contributed by atoms with Gasteiger partial charge in [0.05, 0.1) is 16.6 Å². The molecule has 5 aromatic rings. The van der Waals surface area contributed by atoms with Crippen LogP contribution in [0.5, 0.6) is 5.75 Å². The topological polar surface area (TPSA) is 76.6 Å². The fraction of sp³-hybridized carbons (Fsp3) is 0.0476. The van der Waals surface area contributed by atoms with Gasteiger partial charge in [-0.25, -0.2) is 9.97 Å². The Hall–Kier alpha value is -3.80. The van der Waals surface area contributed by atoms with Gasteiger partial charge in [-0.2, -0.15) is 15.4 Å². The zero-order valence-corrected chi connectivity index (χ0v) is 14.1. The van der Waals surface area contributed by atoms with Gasteiger partial charge in [-0.3, -0.25) is 0 Å².